The van der Waals surface area contributed by atoms with E-state index in [1.165, 1.54) is 12.8 Å². The minimum atomic E-state index is 0.140. The first kappa shape index (κ1) is 11.7. The number of hydrogen-bond acceptors (Lipinski definition) is 2. The lowest BCUT2D eigenvalue weighted by Gasteiger charge is -2.32. The van der Waals surface area contributed by atoms with Crippen molar-refractivity contribution in [3.8, 4) is 0 Å². The van der Waals surface area contributed by atoms with Gasteiger partial charge in [-0.3, -0.25) is 0 Å². The third kappa shape index (κ3) is 3.11. The van der Waals surface area contributed by atoms with Crippen LogP contribution in [0.25, 0.3) is 0 Å². The van der Waals surface area contributed by atoms with Crippen LogP contribution in [0.4, 0.5) is 4.79 Å². The van der Waals surface area contributed by atoms with E-state index < -0.39 is 0 Å². The summed E-state index contributed by atoms with van der Waals surface area (Å²) in [7, 11) is 0. The second kappa shape index (κ2) is 5.53. The van der Waals surface area contributed by atoms with Gasteiger partial charge in [0, 0.05) is 32.2 Å². The van der Waals surface area contributed by atoms with E-state index in [1.807, 2.05) is 4.90 Å². The molecule has 1 saturated carbocycles. The van der Waals surface area contributed by atoms with Gasteiger partial charge in [-0.25, -0.2) is 4.79 Å². The van der Waals surface area contributed by atoms with Crippen molar-refractivity contribution < 1.29 is 4.79 Å². The Balaban J connectivity index is 1.73. The maximum Gasteiger partial charge on any atom is 0.317 e. The molecular formula is C12H23N3O. The van der Waals surface area contributed by atoms with Crippen molar-refractivity contribution in [3.63, 3.8) is 0 Å². The normalized spacial score (nSPS) is 31.2. The summed E-state index contributed by atoms with van der Waals surface area (Å²) in [5.74, 6) is 0.840. The molecule has 0 spiro atoms. The van der Waals surface area contributed by atoms with E-state index in [4.69, 9.17) is 0 Å². The number of rotatable bonds is 1. The largest absolute Gasteiger partial charge is 0.335 e. The van der Waals surface area contributed by atoms with Crippen LogP contribution in [0.1, 0.15) is 32.6 Å². The molecule has 2 amide bonds. The number of nitrogens with zero attached hydrogens (tertiary/aromatic N) is 1. The van der Waals surface area contributed by atoms with Crippen LogP contribution in [0.2, 0.25) is 0 Å². The summed E-state index contributed by atoms with van der Waals surface area (Å²) in [5.41, 5.74) is 0. The van der Waals surface area contributed by atoms with Crippen LogP contribution in [-0.2, 0) is 0 Å². The van der Waals surface area contributed by atoms with Crippen molar-refractivity contribution in [1.82, 2.24) is 15.5 Å². The molecule has 0 bridgehead atoms. The fourth-order valence-electron chi connectivity index (χ4n) is 2.54. The van der Waals surface area contributed by atoms with Gasteiger partial charge in [0.25, 0.3) is 0 Å². The van der Waals surface area contributed by atoms with E-state index in [-0.39, 0.29) is 6.03 Å². The molecule has 0 aromatic heterocycles. The van der Waals surface area contributed by atoms with Gasteiger partial charge in [-0.05, 0) is 31.6 Å². The number of piperazine rings is 1. The summed E-state index contributed by atoms with van der Waals surface area (Å²) in [4.78, 5) is 13.9. The molecule has 92 valence electrons. The summed E-state index contributed by atoms with van der Waals surface area (Å²) in [6.07, 6.45) is 4.82. The van der Waals surface area contributed by atoms with Crippen molar-refractivity contribution >= 4 is 6.03 Å². The van der Waals surface area contributed by atoms with Gasteiger partial charge in [0.1, 0.15) is 0 Å². The highest BCUT2D eigenvalue weighted by molar-refractivity contribution is 5.74. The average molecular weight is 225 g/mol. The van der Waals surface area contributed by atoms with Gasteiger partial charge in [0.15, 0.2) is 0 Å². The molecule has 4 heteroatoms. The van der Waals surface area contributed by atoms with E-state index in [0.29, 0.717) is 6.04 Å². The minimum absolute atomic E-state index is 0.140. The predicted molar refractivity (Wildman–Crippen MR) is 64.4 cm³/mol. The fraction of sp³-hybridized carbons (Fsp3) is 0.917. The molecule has 4 nitrogen and oxygen atoms in total. The lowest BCUT2D eigenvalue weighted by Crippen LogP contribution is -2.52. The van der Waals surface area contributed by atoms with Gasteiger partial charge in [-0.1, -0.05) is 6.92 Å². The van der Waals surface area contributed by atoms with Crippen LogP contribution in [0.5, 0.6) is 0 Å². The molecule has 1 aliphatic carbocycles. The number of amides is 2. The van der Waals surface area contributed by atoms with Crippen molar-refractivity contribution in [3.05, 3.63) is 0 Å². The number of nitrogens with one attached hydrogen (secondary N) is 2. The maximum atomic E-state index is 11.9. The quantitative estimate of drug-likeness (QED) is 0.704. The first-order valence-corrected chi connectivity index (χ1v) is 6.52. The van der Waals surface area contributed by atoms with Crippen molar-refractivity contribution in [1.29, 1.82) is 0 Å². The van der Waals surface area contributed by atoms with Gasteiger partial charge in [0.2, 0.25) is 0 Å². The summed E-state index contributed by atoms with van der Waals surface area (Å²) in [6, 6.07) is 0.555. The molecule has 0 radical (unpaired) electrons. The first-order chi connectivity index (χ1) is 7.75. The molecule has 1 saturated heterocycles. The molecule has 0 unspecified atom stereocenters. The molecule has 1 aliphatic heterocycles. The summed E-state index contributed by atoms with van der Waals surface area (Å²) in [6.45, 7) is 5.84. The van der Waals surface area contributed by atoms with E-state index >= 15 is 0 Å². The van der Waals surface area contributed by atoms with Crippen molar-refractivity contribution in [2.45, 2.75) is 38.6 Å². The van der Waals surface area contributed by atoms with Gasteiger partial charge in [0.05, 0.1) is 0 Å². The van der Waals surface area contributed by atoms with Gasteiger partial charge < -0.3 is 15.5 Å². The molecule has 2 aliphatic rings. The Bertz CT molecular complexity index is 230. The third-order valence-corrected chi connectivity index (χ3v) is 3.75. The SMILES string of the molecule is CC1CCC(NC(=O)N2CCNCC2)CC1. The molecule has 2 N–H and O–H groups in total. The summed E-state index contributed by atoms with van der Waals surface area (Å²) >= 11 is 0. The highest BCUT2D eigenvalue weighted by Gasteiger charge is 2.22. The molecule has 0 atom stereocenters. The Labute approximate surface area is 97.8 Å². The van der Waals surface area contributed by atoms with E-state index in [0.717, 1.165) is 44.9 Å². The van der Waals surface area contributed by atoms with Crippen LogP contribution in [0, 0.1) is 5.92 Å². The molecule has 2 fully saturated rings. The van der Waals surface area contributed by atoms with Crippen LogP contribution in [0.3, 0.4) is 0 Å². The van der Waals surface area contributed by atoms with Gasteiger partial charge in [-0.15, -0.1) is 0 Å². The van der Waals surface area contributed by atoms with Crippen LogP contribution in [-0.4, -0.2) is 43.2 Å². The lowest BCUT2D eigenvalue weighted by atomic mass is 9.87. The Kier molecular flexibility index (Phi) is 4.04. The average Bonchev–Trinajstić information content (AvgIpc) is 2.33. The van der Waals surface area contributed by atoms with E-state index in [2.05, 4.69) is 17.6 Å². The first-order valence-electron chi connectivity index (χ1n) is 6.52. The number of hydrogen-bond donors (Lipinski definition) is 2. The zero-order valence-electron chi connectivity index (χ0n) is 10.2. The molecule has 16 heavy (non-hydrogen) atoms. The minimum Gasteiger partial charge on any atom is -0.335 e. The standard InChI is InChI=1S/C12H23N3O/c1-10-2-4-11(5-3-10)14-12(16)15-8-6-13-7-9-15/h10-11,13H,2-9H2,1H3,(H,14,16). The van der Waals surface area contributed by atoms with Crippen LogP contribution >= 0.6 is 0 Å². The fourth-order valence-corrected chi connectivity index (χ4v) is 2.54. The van der Waals surface area contributed by atoms with E-state index in [1.54, 1.807) is 0 Å². The molecule has 1 heterocycles. The second-order valence-corrected chi connectivity index (χ2v) is 5.14. The molecular weight excluding hydrogens is 202 g/mol. The Morgan fingerprint density at radius 1 is 1.19 bits per heavy atom. The van der Waals surface area contributed by atoms with Gasteiger partial charge in [-0.2, -0.15) is 0 Å². The highest BCUT2D eigenvalue weighted by atomic mass is 16.2. The highest BCUT2D eigenvalue weighted by Crippen LogP contribution is 2.23. The number of carbonyl (C=O) groups excluding carboxylic acids is 1. The van der Waals surface area contributed by atoms with E-state index in [9.17, 15) is 4.79 Å². The lowest BCUT2D eigenvalue weighted by molar-refractivity contribution is 0.180. The number of urea groups is 1. The molecule has 0 aromatic carbocycles. The third-order valence-electron chi connectivity index (χ3n) is 3.75. The van der Waals surface area contributed by atoms with Crippen molar-refractivity contribution in [2.24, 2.45) is 5.92 Å². The van der Waals surface area contributed by atoms with Crippen LogP contribution in [0.15, 0.2) is 0 Å². The van der Waals surface area contributed by atoms with Gasteiger partial charge >= 0.3 is 6.03 Å². The predicted octanol–water partition coefficient (Wildman–Crippen LogP) is 1.18. The van der Waals surface area contributed by atoms with Crippen molar-refractivity contribution in [2.75, 3.05) is 26.2 Å². The molecule has 2 rings (SSSR count). The Morgan fingerprint density at radius 3 is 2.44 bits per heavy atom. The zero-order valence-corrected chi connectivity index (χ0v) is 10.2. The zero-order chi connectivity index (χ0) is 11.4. The topological polar surface area (TPSA) is 44.4 Å². The number of carbonyl (C=O) groups is 1. The van der Waals surface area contributed by atoms with Crippen LogP contribution < -0.4 is 10.6 Å². The monoisotopic (exact) mass is 225 g/mol. The molecule has 0 aromatic rings. The Morgan fingerprint density at radius 2 is 1.81 bits per heavy atom. The maximum absolute atomic E-state index is 11.9. The Hall–Kier alpha value is -0.770. The summed E-state index contributed by atoms with van der Waals surface area (Å²) in [5, 5.41) is 6.43. The summed E-state index contributed by atoms with van der Waals surface area (Å²) < 4.78 is 0. The smallest absolute Gasteiger partial charge is 0.317 e. The second-order valence-electron chi connectivity index (χ2n) is 5.14.